The first-order valence-electron chi connectivity index (χ1n) is 5.34. The Bertz CT molecular complexity index is 376. The maximum Gasteiger partial charge on any atom is 0.122 e. The van der Waals surface area contributed by atoms with E-state index in [1.165, 1.54) is 16.7 Å². The lowest BCUT2D eigenvalue weighted by molar-refractivity contribution is 0.357. The van der Waals surface area contributed by atoms with E-state index in [2.05, 4.69) is 31.2 Å². The molecule has 0 radical (unpaired) electrons. The predicted octanol–water partition coefficient (Wildman–Crippen LogP) is 3.65. The van der Waals surface area contributed by atoms with E-state index in [0.29, 0.717) is 5.88 Å². The van der Waals surface area contributed by atoms with E-state index in [9.17, 15) is 0 Å². The van der Waals surface area contributed by atoms with Crippen molar-refractivity contribution in [3.05, 3.63) is 34.9 Å². The second-order valence-electron chi connectivity index (χ2n) is 3.76. The first-order valence-corrected chi connectivity index (χ1v) is 5.88. The number of rotatable bonds is 3. The second-order valence-corrected chi connectivity index (χ2v) is 4.02. The zero-order valence-electron chi connectivity index (χ0n) is 8.92. The molecule has 2 rings (SSSR count). The van der Waals surface area contributed by atoms with Crippen LogP contribution in [-0.4, -0.2) is 12.5 Å². The highest BCUT2D eigenvalue weighted by atomic mass is 35.5. The van der Waals surface area contributed by atoms with Gasteiger partial charge in [0.2, 0.25) is 0 Å². The zero-order chi connectivity index (χ0) is 10.7. The zero-order valence-corrected chi connectivity index (χ0v) is 9.68. The number of alkyl halides is 1. The molecule has 15 heavy (non-hydrogen) atoms. The van der Waals surface area contributed by atoms with Crippen molar-refractivity contribution in [2.75, 3.05) is 12.5 Å². The van der Waals surface area contributed by atoms with Crippen LogP contribution < -0.4 is 4.74 Å². The largest absolute Gasteiger partial charge is 0.493 e. The molecular weight excluding hydrogens is 208 g/mol. The van der Waals surface area contributed by atoms with E-state index in [4.69, 9.17) is 16.3 Å². The molecule has 0 aromatic heterocycles. The molecule has 0 saturated heterocycles. The van der Waals surface area contributed by atoms with Crippen LogP contribution in [0.4, 0.5) is 0 Å². The van der Waals surface area contributed by atoms with Crippen LogP contribution in [0.25, 0.3) is 6.08 Å². The number of ether oxygens (including phenoxy) is 1. The molecule has 1 aromatic rings. The summed E-state index contributed by atoms with van der Waals surface area (Å²) in [6.45, 7) is 2.95. The third-order valence-corrected chi connectivity index (χ3v) is 3.05. The van der Waals surface area contributed by atoms with Gasteiger partial charge in [-0.3, -0.25) is 0 Å². The lowest BCUT2D eigenvalue weighted by Gasteiger charge is -2.02. The van der Waals surface area contributed by atoms with E-state index in [-0.39, 0.29) is 0 Å². The van der Waals surface area contributed by atoms with E-state index in [1.807, 2.05) is 0 Å². The third-order valence-electron chi connectivity index (χ3n) is 2.71. The van der Waals surface area contributed by atoms with Gasteiger partial charge in [0.05, 0.1) is 6.61 Å². The van der Waals surface area contributed by atoms with Gasteiger partial charge in [0.1, 0.15) is 5.75 Å². The molecule has 2 heteroatoms. The van der Waals surface area contributed by atoms with Gasteiger partial charge in [-0.05, 0) is 29.7 Å². The van der Waals surface area contributed by atoms with Crippen molar-refractivity contribution in [2.45, 2.75) is 19.8 Å². The van der Waals surface area contributed by atoms with Crippen LogP contribution in [0.3, 0.4) is 0 Å². The minimum absolute atomic E-state index is 0.615. The molecule has 80 valence electrons. The molecule has 1 nitrogen and oxygen atoms in total. The summed E-state index contributed by atoms with van der Waals surface area (Å²) in [6.07, 6.45) is 4.21. The molecule has 0 bridgehead atoms. The summed E-state index contributed by atoms with van der Waals surface area (Å²) in [4.78, 5) is 0. The monoisotopic (exact) mass is 222 g/mol. The van der Waals surface area contributed by atoms with Crippen molar-refractivity contribution in [2.24, 2.45) is 0 Å². The molecular formula is C13H15ClO. The van der Waals surface area contributed by atoms with Crippen molar-refractivity contribution in [3.63, 3.8) is 0 Å². The van der Waals surface area contributed by atoms with Crippen LogP contribution in [0, 0.1) is 0 Å². The van der Waals surface area contributed by atoms with Crippen LogP contribution in [0.15, 0.2) is 23.8 Å². The number of hydrogen-bond acceptors (Lipinski definition) is 1. The first-order chi connectivity index (χ1) is 7.33. The maximum absolute atomic E-state index is 5.84. The van der Waals surface area contributed by atoms with Gasteiger partial charge in [-0.2, -0.15) is 0 Å². The number of benzene rings is 1. The molecule has 1 aromatic carbocycles. The van der Waals surface area contributed by atoms with Gasteiger partial charge in [0.25, 0.3) is 0 Å². The Morgan fingerprint density at radius 3 is 3.13 bits per heavy atom. The van der Waals surface area contributed by atoms with Crippen molar-refractivity contribution < 1.29 is 4.74 Å². The highest BCUT2D eigenvalue weighted by Gasteiger charge is 2.11. The minimum Gasteiger partial charge on any atom is -0.493 e. The van der Waals surface area contributed by atoms with Crippen molar-refractivity contribution >= 4 is 17.7 Å². The smallest absolute Gasteiger partial charge is 0.122 e. The van der Waals surface area contributed by atoms with Crippen LogP contribution in [0.2, 0.25) is 0 Å². The molecule has 0 atom stereocenters. The Balaban J connectivity index is 2.26. The molecule has 0 amide bonds. The van der Waals surface area contributed by atoms with E-state index < -0.39 is 0 Å². The lowest BCUT2D eigenvalue weighted by Crippen LogP contribution is -1.85. The quantitative estimate of drug-likeness (QED) is 0.710. The Hall–Kier alpha value is -0.950. The van der Waals surface area contributed by atoms with Crippen molar-refractivity contribution in [3.8, 4) is 5.75 Å². The topological polar surface area (TPSA) is 9.23 Å². The highest BCUT2D eigenvalue weighted by Crippen LogP contribution is 2.26. The summed E-state index contributed by atoms with van der Waals surface area (Å²) >= 11 is 5.84. The van der Waals surface area contributed by atoms with Crippen LogP contribution in [-0.2, 0) is 6.42 Å². The van der Waals surface area contributed by atoms with Crippen molar-refractivity contribution in [1.29, 1.82) is 0 Å². The summed E-state index contributed by atoms with van der Waals surface area (Å²) in [5.41, 5.74) is 3.82. The van der Waals surface area contributed by atoms with Gasteiger partial charge >= 0.3 is 0 Å². The minimum atomic E-state index is 0.615. The Morgan fingerprint density at radius 1 is 1.53 bits per heavy atom. The standard InChI is InChI=1S/C13H15ClO/c1-2-10(9-14)7-11-3-4-13-12(8-11)5-6-15-13/h3-4,7-8H,2,5-6,9H2,1H3/b10-7-. The van der Waals surface area contributed by atoms with Gasteiger partial charge in [-0.25, -0.2) is 0 Å². The SMILES string of the molecule is CC/C(=C/c1ccc2c(c1)CCO2)CCl. The maximum atomic E-state index is 5.84. The lowest BCUT2D eigenvalue weighted by atomic mass is 10.1. The van der Waals surface area contributed by atoms with Gasteiger partial charge in [0.15, 0.2) is 0 Å². The van der Waals surface area contributed by atoms with Crippen molar-refractivity contribution in [1.82, 2.24) is 0 Å². The fourth-order valence-corrected chi connectivity index (χ4v) is 2.03. The van der Waals surface area contributed by atoms with Gasteiger partial charge < -0.3 is 4.74 Å². The third kappa shape index (κ3) is 2.35. The molecule has 0 fully saturated rings. The van der Waals surface area contributed by atoms with Crippen LogP contribution in [0.1, 0.15) is 24.5 Å². The summed E-state index contributed by atoms with van der Waals surface area (Å²) in [5.74, 6) is 1.65. The molecule has 1 heterocycles. The number of hydrogen-bond donors (Lipinski definition) is 0. The van der Waals surface area contributed by atoms with Gasteiger partial charge in [0, 0.05) is 12.3 Å². The number of halogens is 1. The van der Waals surface area contributed by atoms with Crippen LogP contribution in [0.5, 0.6) is 5.75 Å². The van der Waals surface area contributed by atoms with E-state index in [1.54, 1.807) is 0 Å². The Labute approximate surface area is 95.7 Å². The normalized spacial score (nSPS) is 14.9. The molecule has 0 unspecified atom stereocenters. The predicted molar refractivity (Wildman–Crippen MR) is 64.6 cm³/mol. The Kier molecular flexibility index (Phi) is 3.32. The average molecular weight is 223 g/mol. The Morgan fingerprint density at radius 2 is 2.40 bits per heavy atom. The molecule has 0 N–H and O–H groups in total. The summed E-state index contributed by atoms with van der Waals surface area (Å²) in [7, 11) is 0. The molecule has 0 spiro atoms. The fraction of sp³-hybridized carbons (Fsp3) is 0.385. The van der Waals surface area contributed by atoms with Crippen LogP contribution >= 0.6 is 11.6 Å². The average Bonchev–Trinajstić information content (AvgIpc) is 2.73. The van der Waals surface area contributed by atoms with E-state index >= 15 is 0 Å². The highest BCUT2D eigenvalue weighted by molar-refractivity contribution is 6.19. The molecule has 1 aliphatic heterocycles. The van der Waals surface area contributed by atoms with E-state index in [0.717, 1.165) is 25.2 Å². The first kappa shape index (κ1) is 10.6. The molecule has 0 saturated carbocycles. The second kappa shape index (κ2) is 4.71. The molecule has 1 aliphatic rings. The number of fused-ring (bicyclic) bond motifs is 1. The summed E-state index contributed by atoms with van der Waals surface area (Å²) < 4.78 is 5.46. The summed E-state index contributed by atoms with van der Waals surface area (Å²) in [6, 6.07) is 6.34. The fourth-order valence-electron chi connectivity index (χ4n) is 1.77. The number of allylic oxidation sites excluding steroid dienone is 1. The van der Waals surface area contributed by atoms with Gasteiger partial charge in [-0.1, -0.05) is 24.6 Å². The summed E-state index contributed by atoms with van der Waals surface area (Å²) in [5, 5.41) is 0. The van der Waals surface area contributed by atoms with Gasteiger partial charge in [-0.15, -0.1) is 11.6 Å². The molecule has 0 aliphatic carbocycles.